The Morgan fingerprint density at radius 3 is 2.59 bits per heavy atom. The molecule has 0 amide bonds. The number of aromatic nitrogens is 3. The second-order valence-electron chi connectivity index (χ2n) is 4.77. The first kappa shape index (κ1) is 11.9. The van der Waals surface area contributed by atoms with Crippen molar-refractivity contribution in [3.8, 4) is 0 Å². The van der Waals surface area contributed by atoms with Crippen molar-refractivity contribution in [3.05, 3.63) is 23.9 Å². The number of anilines is 1. The Balaban J connectivity index is 2.34. The number of nitrogens with zero attached hydrogens (tertiary/aromatic N) is 3. The Hall–Kier alpha value is -1.58. The summed E-state index contributed by atoms with van der Waals surface area (Å²) in [6, 6.07) is 6.01. The molecular formula is C13H20N4. The van der Waals surface area contributed by atoms with Gasteiger partial charge in [0.05, 0.1) is 0 Å². The summed E-state index contributed by atoms with van der Waals surface area (Å²) in [4.78, 5) is 4.50. The maximum Gasteiger partial charge on any atom is 0.243 e. The van der Waals surface area contributed by atoms with Gasteiger partial charge in [0, 0.05) is 11.2 Å². The largest absolute Gasteiger partial charge is 0.348 e. The third-order valence-corrected chi connectivity index (χ3v) is 3.52. The number of pyridine rings is 1. The highest BCUT2D eigenvalue weighted by Crippen LogP contribution is 2.20. The fourth-order valence-electron chi connectivity index (χ4n) is 1.79. The Kier molecular flexibility index (Phi) is 3.05. The third-order valence-electron chi connectivity index (χ3n) is 3.52. The molecule has 0 aromatic carbocycles. The van der Waals surface area contributed by atoms with Crippen LogP contribution in [0.15, 0.2) is 18.2 Å². The first-order valence-electron chi connectivity index (χ1n) is 6.18. The second-order valence-corrected chi connectivity index (χ2v) is 4.77. The van der Waals surface area contributed by atoms with Crippen molar-refractivity contribution in [1.82, 2.24) is 14.6 Å². The summed E-state index contributed by atoms with van der Waals surface area (Å²) < 4.78 is 1.87. The quantitative estimate of drug-likeness (QED) is 0.881. The van der Waals surface area contributed by atoms with E-state index in [4.69, 9.17) is 0 Å². The molecule has 1 N–H and O–H groups in total. The zero-order valence-electron chi connectivity index (χ0n) is 11.0. The highest BCUT2D eigenvalue weighted by molar-refractivity contribution is 5.45. The van der Waals surface area contributed by atoms with E-state index in [1.54, 1.807) is 0 Å². The lowest BCUT2D eigenvalue weighted by atomic mass is 9.96. The molecule has 0 aliphatic rings. The number of aryl methyl sites for hydroxylation is 1. The molecule has 0 saturated carbocycles. The fourth-order valence-corrected chi connectivity index (χ4v) is 1.79. The van der Waals surface area contributed by atoms with Gasteiger partial charge in [0.25, 0.3) is 0 Å². The van der Waals surface area contributed by atoms with Crippen molar-refractivity contribution in [3.63, 3.8) is 0 Å². The fraction of sp³-hybridized carbons (Fsp3) is 0.538. The lowest BCUT2D eigenvalue weighted by molar-refractivity contribution is 0.474. The highest BCUT2D eigenvalue weighted by atomic mass is 15.4. The maximum atomic E-state index is 4.50. The number of hydrogen-bond donors (Lipinski definition) is 1. The molecule has 0 saturated heterocycles. The van der Waals surface area contributed by atoms with Crippen LogP contribution in [-0.2, 0) is 0 Å². The van der Waals surface area contributed by atoms with Gasteiger partial charge in [-0.25, -0.2) is 4.52 Å². The second kappa shape index (κ2) is 4.35. The Labute approximate surface area is 102 Å². The first-order valence-corrected chi connectivity index (χ1v) is 6.18. The van der Waals surface area contributed by atoms with Crippen molar-refractivity contribution in [2.45, 2.75) is 46.1 Å². The number of rotatable bonds is 4. The van der Waals surface area contributed by atoms with Crippen LogP contribution in [0.2, 0.25) is 0 Å². The Morgan fingerprint density at radius 2 is 2.00 bits per heavy atom. The summed E-state index contributed by atoms with van der Waals surface area (Å²) in [5.41, 5.74) is 2.05. The Morgan fingerprint density at radius 1 is 1.29 bits per heavy atom. The number of nitrogens with one attached hydrogen (secondary N) is 1. The molecule has 0 aliphatic carbocycles. The zero-order valence-corrected chi connectivity index (χ0v) is 11.0. The molecule has 2 heterocycles. The van der Waals surface area contributed by atoms with Gasteiger partial charge in [-0.05, 0) is 38.8 Å². The van der Waals surface area contributed by atoms with Crippen molar-refractivity contribution in [2.24, 2.45) is 0 Å². The van der Waals surface area contributed by atoms with Crippen LogP contribution in [0.5, 0.6) is 0 Å². The van der Waals surface area contributed by atoms with Crippen LogP contribution in [0.3, 0.4) is 0 Å². The summed E-state index contributed by atoms with van der Waals surface area (Å²) >= 11 is 0. The molecule has 2 rings (SSSR count). The first-order chi connectivity index (χ1) is 8.08. The molecule has 0 spiro atoms. The minimum absolute atomic E-state index is 0.0683. The molecule has 0 radical (unpaired) electrons. The summed E-state index contributed by atoms with van der Waals surface area (Å²) in [5, 5.41) is 7.92. The monoisotopic (exact) mass is 232 g/mol. The van der Waals surface area contributed by atoms with Gasteiger partial charge in [0.2, 0.25) is 5.95 Å². The standard InChI is InChI=1S/C13H20N4/c1-5-13(4,6-2)15-12-14-11-9-7-8-10(3)17(11)16-12/h7-9H,5-6H2,1-4H3,(H,15,16). The van der Waals surface area contributed by atoms with Crippen LogP contribution < -0.4 is 5.32 Å². The molecule has 4 nitrogen and oxygen atoms in total. The minimum atomic E-state index is 0.0683. The molecule has 17 heavy (non-hydrogen) atoms. The van der Waals surface area contributed by atoms with E-state index >= 15 is 0 Å². The predicted molar refractivity (Wildman–Crippen MR) is 70.3 cm³/mol. The smallest absolute Gasteiger partial charge is 0.243 e. The van der Waals surface area contributed by atoms with Crippen LogP contribution in [0.1, 0.15) is 39.3 Å². The van der Waals surface area contributed by atoms with E-state index < -0.39 is 0 Å². The summed E-state index contributed by atoms with van der Waals surface area (Å²) in [5.74, 6) is 0.713. The van der Waals surface area contributed by atoms with E-state index in [-0.39, 0.29) is 5.54 Å². The zero-order chi connectivity index (χ0) is 12.5. The molecular weight excluding hydrogens is 212 g/mol. The van der Waals surface area contributed by atoms with Crippen molar-refractivity contribution >= 4 is 11.6 Å². The van der Waals surface area contributed by atoms with E-state index in [1.165, 1.54) is 0 Å². The van der Waals surface area contributed by atoms with Crippen LogP contribution in [0.25, 0.3) is 5.65 Å². The van der Waals surface area contributed by atoms with Crippen molar-refractivity contribution in [2.75, 3.05) is 5.32 Å². The molecule has 92 valence electrons. The van der Waals surface area contributed by atoms with Gasteiger partial charge in [-0.2, -0.15) is 4.98 Å². The summed E-state index contributed by atoms with van der Waals surface area (Å²) in [7, 11) is 0. The normalized spacial score (nSPS) is 12.0. The van der Waals surface area contributed by atoms with Crippen LogP contribution in [-0.4, -0.2) is 20.1 Å². The summed E-state index contributed by atoms with van der Waals surface area (Å²) in [6.45, 7) is 8.59. The van der Waals surface area contributed by atoms with Gasteiger partial charge in [-0.1, -0.05) is 19.9 Å². The van der Waals surface area contributed by atoms with Gasteiger partial charge in [-0.15, -0.1) is 5.10 Å². The minimum Gasteiger partial charge on any atom is -0.348 e. The SMILES string of the molecule is CCC(C)(CC)Nc1nc2cccc(C)n2n1. The third kappa shape index (κ3) is 2.25. The lowest BCUT2D eigenvalue weighted by Gasteiger charge is -2.27. The van der Waals surface area contributed by atoms with E-state index in [0.717, 1.165) is 24.2 Å². The van der Waals surface area contributed by atoms with Crippen LogP contribution >= 0.6 is 0 Å². The van der Waals surface area contributed by atoms with E-state index in [1.807, 2.05) is 29.6 Å². The maximum absolute atomic E-state index is 4.50. The average molecular weight is 232 g/mol. The van der Waals surface area contributed by atoms with Gasteiger partial charge < -0.3 is 5.32 Å². The predicted octanol–water partition coefficient (Wildman–Crippen LogP) is 3.03. The van der Waals surface area contributed by atoms with E-state index in [0.29, 0.717) is 5.95 Å². The molecule has 0 aliphatic heterocycles. The van der Waals surface area contributed by atoms with Crippen molar-refractivity contribution in [1.29, 1.82) is 0 Å². The number of hydrogen-bond acceptors (Lipinski definition) is 3. The van der Waals surface area contributed by atoms with Gasteiger partial charge in [0.15, 0.2) is 5.65 Å². The van der Waals surface area contributed by atoms with Gasteiger partial charge >= 0.3 is 0 Å². The molecule has 4 heteroatoms. The van der Waals surface area contributed by atoms with Crippen LogP contribution in [0.4, 0.5) is 5.95 Å². The molecule has 0 unspecified atom stereocenters. The van der Waals surface area contributed by atoms with Crippen molar-refractivity contribution < 1.29 is 0 Å². The highest BCUT2D eigenvalue weighted by Gasteiger charge is 2.21. The molecule has 2 aromatic heterocycles. The molecule has 2 aromatic rings. The van der Waals surface area contributed by atoms with E-state index in [2.05, 4.69) is 36.2 Å². The summed E-state index contributed by atoms with van der Waals surface area (Å²) in [6.07, 6.45) is 2.11. The lowest BCUT2D eigenvalue weighted by Crippen LogP contribution is -2.33. The molecule has 0 bridgehead atoms. The van der Waals surface area contributed by atoms with Crippen LogP contribution in [0, 0.1) is 6.92 Å². The number of fused-ring (bicyclic) bond motifs is 1. The van der Waals surface area contributed by atoms with Gasteiger partial charge in [-0.3, -0.25) is 0 Å². The molecule has 0 atom stereocenters. The van der Waals surface area contributed by atoms with E-state index in [9.17, 15) is 0 Å². The average Bonchev–Trinajstić information content (AvgIpc) is 2.73. The topological polar surface area (TPSA) is 42.2 Å². The molecule has 0 fully saturated rings. The van der Waals surface area contributed by atoms with Gasteiger partial charge in [0.1, 0.15) is 0 Å². The Bertz CT molecular complexity index is 511.